The number of halogens is 3. The second-order valence-corrected chi connectivity index (χ2v) is 7.27. The number of allylic oxidation sites excluding steroid dienone is 1. The van der Waals surface area contributed by atoms with Gasteiger partial charge < -0.3 is 0 Å². The summed E-state index contributed by atoms with van der Waals surface area (Å²) in [5.74, 6) is -0.611. The summed E-state index contributed by atoms with van der Waals surface area (Å²) in [5.41, 5.74) is 2.57. The minimum atomic E-state index is -4.55. The third-order valence-electron chi connectivity index (χ3n) is 4.48. The van der Waals surface area contributed by atoms with E-state index >= 15 is 0 Å². The third-order valence-corrected chi connectivity index (χ3v) is 5.52. The van der Waals surface area contributed by atoms with Crippen LogP contribution in [0.3, 0.4) is 0 Å². The Morgan fingerprint density at radius 3 is 2.33 bits per heavy atom. The van der Waals surface area contributed by atoms with Gasteiger partial charge in [0.05, 0.1) is 16.2 Å². The van der Waals surface area contributed by atoms with Crippen molar-refractivity contribution in [1.82, 2.24) is 0 Å². The number of hydrogen-bond donors (Lipinski definition) is 0. The quantitative estimate of drug-likeness (QED) is 0.594. The fourth-order valence-electron chi connectivity index (χ4n) is 2.75. The first kappa shape index (κ1) is 19.2. The molecule has 0 saturated carbocycles. The van der Waals surface area contributed by atoms with Gasteiger partial charge in [0.15, 0.2) is 0 Å². The van der Waals surface area contributed by atoms with Gasteiger partial charge in [-0.25, -0.2) is 4.90 Å². The summed E-state index contributed by atoms with van der Waals surface area (Å²) in [5, 5.41) is -0.613. The number of anilines is 1. The van der Waals surface area contributed by atoms with Crippen LogP contribution in [-0.4, -0.2) is 11.1 Å². The Balaban J connectivity index is 2.01. The van der Waals surface area contributed by atoms with Crippen LogP contribution in [0.1, 0.15) is 29.2 Å². The van der Waals surface area contributed by atoms with E-state index in [9.17, 15) is 22.8 Å². The van der Waals surface area contributed by atoms with E-state index in [1.165, 1.54) is 12.1 Å². The number of benzene rings is 2. The largest absolute Gasteiger partial charge is 0.416 e. The molecule has 0 aliphatic carbocycles. The summed E-state index contributed by atoms with van der Waals surface area (Å²) < 4.78 is 38.8. The third kappa shape index (κ3) is 3.64. The number of nitrogens with zero attached hydrogens (tertiary/aromatic N) is 1. The maximum absolute atomic E-state index is 12.9. The molecule has 2 aromatic rings. The summed E-state index contributed by atoms with van der Waals surface area (Å²) in [7, 11) is 0. The lowest BCUT2D eigenvalue weighted by Crippen LogP contribution is -2.28. The second-order valence-electron chi connectivity index (χ2n) is 6.31. The summed E-state index contributed by atoms with van der Waals surface area (Å²) in [6, 6.07) is 9.91. The van der Waals surface area contributed by atoms with Gasteiger partial charge in [0.1, 0.15) is 0 Å². The molecule has 0 aromatic heterocycles. The molecular weight excluding hydrogens is 375 g/mol. The number of alkyl halides is 3. The molecule has 3 rings (SSSR count). The Bertz CT molecular complexity index is 979. The molecule has 1 aliphatic rings. The van der Waals surface area contributed by atoms with Crippen LogP contribution in [0.4, 0.5) is 23.7 Å². The molecule has 1 fully saturated rings. The minimum absolute atomic E-state index is 0.0878. The van der Waals surface area contributed by atoms with E-state index in [-0.39, 0.29) is 10.6 Å². The van der Waals surface area contributed by atoms with E-state index in [0.29, 0.717) is 5.57 Å². The number of imide groups is 1. The van der Waals surface area contributed by atoms with E-state index in [4.69, 9.17) is 0 Å². The highest BCUT2D eigenvalue weighted by molar-refractivity contribution is 8.19. The monoisotopic (exact) mass is 391 g/mol. The lowest BCUT2D eigenvalue weighted by molar-refractivity contribution is -0.137. The number of carbonyl (C=O) groups is 2. The van der Waals surface area contributed by atoms with Crippen LogP contribution in [0.5, 0.6) is 0 Å². The fraction of sp³-hybridized carbons (Fsp3) is 0.200. The van der Waals surface area contributed by atoms with Crippen molar-refractivity contribution in [3.63, 3.8) is 0 Å². The van der Waals surface area contributed by atoms with Crippen molar-refractivity contribution >= 4 is 34.2 Å². The molecule has 1 aliphatic heterocycles. The van der Waals surface area contributed by atoms with Crippen LogP contribution in [-0.2, 0) is 11.0 Å². The summed E-state index contributed by atoms with van der Waals surface area (Å²) in [6.45, 7) is 5.64. The average Bonchev–Trinajstić information content (AvgIpc) is 2.90. The van der Waals surface area contributed by atoms with Gasteiger partial charge in [-0.05, 0) is 73.0 Å². The van der Waals surface area contributed by atoms with E-state index in [2.05, 4.69) is 0 Å². The molecule has 0 atom stereocenters. The van der Waals surface area contributed by atoms with E-state index in [0.717, 1.165) is 45.5 Å². The molecule has 0 radical (unpaired) electrons. The van der Waals surface area contributed by atoms with Crippen molar-refractivity contribution in [3.05, 3.63) is 69.6 Å². The number of amides is 2. The van der Waals surface area contributed by atoms with Crippen molar-refractivity contribution in [1.29, 1.82) is 0 Å². The van der Waals surface area contributed by atoms with Gasteiger partial charge in [-0.1, -0.05) is 24.3 Å². The molecule has 0 spiro atoms. The zero-order valence-corrected chi connectivity index (χ0v) is 15.7. The molecular formula is C20H16F3NO2S. The predicted octanol–water partition coefficient (Wildman–Crippen LogP) is 5.95. The lowest BCUT2D eigenvalue weighted by atomic mass is 10.0. The van der Waals surface area contributed by atoms with E-state index in [1.54, 1.807) is 6.92 Å². The van der Waals surface area contributed by atoms with Gasteiger partial charge in [-0.2, -0.15) is 13.2 Å². The molecule has 1 saturated heterocycles. The highest BCUT2D eigenvalue weighted by atomic mass is 32.2. The standard InChI is InChI=1S/C20H16F3NO2S/c1-11-7-8-14(9-12(11)2)13(3)17-18(25)24(19(26)27-17)16-6-4-5-15(10-16)20(21,22)23/h4-10H,1-3H3/b17-13-. The molecule has 2 aromatic carbocycles. The first-order valence-corrected chi connectivity index (χ1v) is 8.93. The number of aryl methyl sites for hydroxylation is 2. The van der Waals surface area contributed by atoms with E-state index < -0.39 is 22.9 Å². The number of carbonyl (C=O) groups excluding carboxylic acids is 2. The molecule has 7 heteroatoms. The predicted molar refractivity (Wildman–Crippen MR) is 100 cm³/mol. The first-order valence-electron chi connectivity index (χ1n) is 8.11. The SMILES string of the molecule is C/C(=C1/SC(=O)N(c2cccc(C(F)(F)F)c2)C1=O)c1ccc(C)c(C)c1. The lowest BCUT2D eigenvalue weighted by Gasteiger charge is -2.15. The molecule has 2 amide bonds. The normalized spacial score (nSPS) is 16.9. The number of rotatable bonds is 2. The summed E-state index contributed by atoms with van der Waals surface area (Å²) in [6.07, 6.45) is -4.55. The van der Waals surface area contributed by atoms with Crippen LogP contribution in [0, 0.1) is 13.8 Å². The second kappa shape index (κ2) is 6.88. The smallest absolute Gasteiger partial charge is 0.268 e. The van der Waals surface area contributed by atoms with Crippen molar-refractivity contribution < 1.29 is 22.8 Å². The van der Waals surface area contributed by atoms with Gasteiger partial charge in [0.25, 0.3) is 11.1 Å². The number of hydrogen-bond acceptors (Lipinski definition) is 3. The first-order chi connectivity index (χ1) is 12.6. The van der Waals surface area contributed by atoms with Crippen LogP contribution in [0.15, 0.2) is 47.4 Å². The zero-order chi connectivity index (χ0) is 19.9. The fourth-order valence-corrected chi connectivity index (χ4v) is 3.65. The summed E-state index contributed by atoms with van der Waals surface area (Å²) in [4.78, 5) is 26.2. The zero-order valence-electron chi connectivity index (χ0n) is 14.8. The minimum Gasteiger partial charge on any atom is -0.268 e. The Kier molecular flexibility index (Phi) is 4.90. The number of thioether (sulfide) groups is 1. The van der Waals surface area contributed by atoms with Crippen LogP contribution in [0.25, 0.3) is 5.57 Å². The summed E-state index contributed by atoms with van der Waals surface area (Å²) >= 11 is 0.739. The van der Waals surface area contributed by atoms with Crippen LogP contribution >= 0.6 is 11.8 Å². The highest BCUT2D eigenvalue weighted by Crippen LogP contribution is 2.40. The Morgan fingerprint density at radius 2 is 1.70 bits per heavy atom. The molecule has 0 bridgehead atoms. The van der Waals surface area contributed by atoms with Crippen molar-refractivity contribution in [3.8, 4) is 0 Å². The van der Waals surface area contributed by atoms with E-state index in [1.807, 2.05) is 32.0 Å². The Morgan fingerprint density at radius 1 is 1.00 bits per heavy atom. The van der Waals surface area contributed by atoms with Crippen molar-refractivity contribution in [2.45, 2.75) is 26.9 Å². The van der Waals surface area contributed by atoms with Gasteiger partial charge in [-0.15, -0.1) is 0 Å². The maximum Gasteiger partial charge on any atom is 0.416 e. The highest BCUT2D eigenvalue weighted by Gasteiger charge is 2.39. The van der Waals surface area contributed by atoms with Gasteiger partial charge in [0, 0.05) is 0 Å². The molecule has 27 heavy (non-hydrogen) atoms. The van der Waals surface area contributed by atoms with Crippen molar-refractivity contribution in [2.75, 3.05) is 4.90 Å². The maximum atomic E-state index is 12.9. The molecule has 1 heterocycles. The Hall–Kier alpha value is -2.54. The van der Waals surface area contributed by atoms with Crippen LogP contribution < -0.4 is 4.90 Å². The van der Waals surface area contributed by atoms with Crippen molar-refractivity contribution in [2.24, 2.45) is 0 Å². The van der Waals surface area contributed by atoms with Crippen LogP contribution in [0.2, 0.25) is 0 Å². The van der Waals surface area contributed by atoms with Gasteiger partial charge >= 0.3 is 6.18 Å². The molecule has 140 valence electrons. The molecule has 3 nitrogen and oxygen atoms in total. The Labute approximate surface area is 158 Å². The van der Waals surface area contributed by atoms with Gasteiger partial charge in [0.2, 0.25) is 0 Å². The van der Waals surface area contributed by atoms with Gasteiger partial charge in [-0.3, -0.25) is 9.59 Å². The molecule has 0 N–H and O–H groups in total. The topological polar surface area (TPSA) is 37.4 Å². The molecule has 0 unspecified atom stereocenters. The average molecular weight is 391 g/mol.